The summed E-state index contributed by atoms with van der Waals surface area (Å²) < 4.78 is 14.1. The summed E-state index contributed by atoms with van der Waals surface area (Å²) in [6.45, 7) is 2.67. The number of aromatic amines is 1. The van der Waals surface area contributed by atoms with Crippen LogP contribution in [0.4, 0.5) is 4.39 Å². The Labute approximate surface area is 203 Å². The van der Waals surface area contributed by atoms with Crippen LogP contribution in [0.5, 0.6) is 0 Å². The second kappa shape index (κ2) is 9.84. The average Bonchev–Trinajstić information content (AvgIpc) is 3.13. The van der Waals surface area contributed by atoms with Crippen molar-refractivity contribution in [2.75, 3.05) is 13.1 Å². The Kier molecular flexibility index (Phi) is 7.11. The lowest BCUT2D eigenvalue weighted by atomic mass is 9.89. The van der Waals surface area contributed by atoms with Gasteiger partial charge in [0.25, 0.3) is 0 Å². The first-order valence-corrected chi connectivity index (χ1v) is 11.4. The molecule has 2 heterocycles. The van der Waals surface area contributed by atoms with Crippen molar-refractivity contribution >= 4 is 46.5 Å². The van der Waals surface area contributed by atoms with Gasteiger partial charge in [0.1, 0.15) is 5.82 Å². The minimum Gasteiger partial charge on any atom is -0.354 e. The molecule has 0 amide bonds. The number of halogens is 4. The van der Waals surface area contributed by atoms with Crippen LogP contribution in [-0.4, -0.2) is 23.0 Å². The Balaban J connectivity index is 0.00000245. The normalized spacial score (nSPS) is 15.1. The van der Waals surface area contributed by atoms with E-state index in [4.69, 9.17) is 23.2 Å². The summed E-state index contributed by atoms with van der Waals surface area (Å²) in [5.74, 6) is 0.158. The van der Waals surface area contributed by atoms with Gasteiger partial charge in [-0.2, -0.15) is 0 Å². The molecule has 0 unspecified atom stereocenters. The predicted molar refractivity (Wildman–Crippen MR) is 135 cm³/mol. The Bertz CT molecular complexity index is 1190. The van der Waals surface area contributed by atoms with E-state index in [0.717, 1.165) is 75.8 Å². The number of piperidine rings is 1. The fraction of sp³-hybridized carbons (Fsp3) is 0.231. The zero-order valence-electron chi connectivity index (χ0n) is 17.5. The van der Waals surface area contributed by atoms with Crippen LogP contribution >= 0.6 is 35.6 Å². The molecule has 0 saturated carbocycles. The molecule has 1 saturated heterocycles. The average molecular weight is 490 g/mol. The van der Waals surface area contributed by atoms with Gasteiger partial charge in [0.2, 0.25) is 0 Å². The van der Waals surface area contributed by atoms with Crippen LogP contribution in [0.3, 0.4) is 0 Å². The van der Waals surface area contributed by atoms with E-state index in [1.165, 1.54) is 6.07 Å². The predicted octanol–water partition coefficient (Wildman–Crippen LogP) is 8.08. The molecule has 1 aliphatic rings. The summed E-state index contributed by atoms with van der Waals surface area (Å²) in [6.07, 6.45) is 2.00. The first-order chi connectivity index (χ1) is 15.1. The largest absolute Gasteiger partial charge is 0.354 e. The Hall–Kier alpha value is -2.04. The van der Waals surface area contributed by atoms with Gasteiger partial charge < -0.3 is 4.98 Å². The summed E-state index contributed by atoms with van der Waals surface area (Å²) in [4.78, 5) is 5.96. The minimum absolute atomic E-state index is 0. The number of nitrogens with one attached hydrogen (secondary N) is 1. The molecular weight excluding hydrogens is 466 g/mol. The van der Waals surface area contributed by atoms with Crippen molar-refractivity contribution in [2.45, 2.75) is 25.3 Å². The molecule has 5 rings (SSSR count). The lowest BCUT2D eigenvalue weighted by Crippen LogP contribution is -2.32. The summed E-state index contributed by atoms with van der Waals surface area (Å²) >= 11 is 12.9. The molecular formula is C26H24Cl3FN2. The molecule has 166 valence electrons. The third kappa shape index (κ3) is 4.53. The highest BCUT2D eigenvalue weighted by atomic mass is 35.5. The molecule has 32 heavy (non-hydrogen) atoms. The quantitative estimate of drug-likeness (QED) is 0.307. The molecule has 4 aromatic rings. The topological polar surface area (TPSA) is 19.0 Å². The number of nitrogens with zero attached hydrogens (tertiary/aromatic N) is 1. The number of hydrogen-bond acceptors (Lipinski definition) is 1. The Morgan fingerprint density at radius 3 is 2.28 bits per heavy atom. The van der Waals surface area contributed by atoms with Crippen LogP contribution in [0.1, 0.15) is 29.9 Å². The number of rotatable bonds is 4. The standard InChI is InChI=1S/C26H23Cl2FN2.ClH/c27-22-7-4-8-23(28)25(22)17-11-13-31(14-12-17)16-21-20-15-19(29)9-10-24(20)30-26(21)18-5-2-1-3-6-18;/h1-10,15,17,30H,11-14,16H2;1H. The zero-order valence-corrected chi connectivity index (χ0v) is 19.8. The number of likely N-dealkylation sites (tertiary alicyclic amines) is 1. The third-order valence-electron chi connectivity index (χ3n) is 6.31. The molecule has 1 fully saturated rings. The van der Waals surface area contributed by atoms with Crippen LogP contribution in [0.15, 0.2) is 66.7 Å². The van der Waals surface area contributed by atoms with Gasteiger partial charge in [0, 0.05) is 27.5 Å². The van der Waals surface area contributed by atoms with E-state index in [-0.39, 0.29) is 18.2 Å². The van der Waals surface area contributed by atoms with Gasteiger partial charge in [-0.05, 0) is 78.9 Å². The monoisotopic (exact) mass is 488 g/mol. The van der Waals surface area contributed by atoms with E-state index in [1.54, 1.807) is 6.07 Å². The highest BCUT2D eigenvalue weighted by molar-refractivity contribution is 6.36. The van der Waals surface area contributed by atoms with Crippen LogP contribution < -0.4 is 0 Å². The fourth-order valence-corrected chi connectivity index (χ4v) is 5.45. The van der Waals surface area contributed by atoms with Crippen LogP contribution in [0.2, 0.25) is 10.0 Å². The molecule has 1 aliphatic heterocycles. The fourth-order valence-electron chi connectivity index (χ4n) is 4.74. The van der Waals surface area contributed by atoms with Crippen LogP contribution in [0.25, 0.3) is 22.2 Å². The van der Waals surface area contributed by atoms with E-state index in [1.807, 2.05) is 42.5 Å². The maximum Gasteiger partial charge on any atom is 0.123 e. The maximum atomic E-state index is 14.1. The number of benzene rings is 3. The van der Waals surface area contributed by atoms with Gasteiger partial charge in [0.05, 0.1) is 5.69 Å². The van der Waals surface area contributed by atoms with Crippen molar-refractivity contribution in [1.29, 1.82) is 0 Å². The van der Waals surface area contributed by atoms with Gasteiger partial charge in [0.15, 0.2) is 0 Å². The molecule has 1 N–H and O–H groups in total. The van der Waals surface area contributed by atoms with E-state index in [9.17, 15) is 4.39 Å². The molecule has 3 aromatic carbocycles. The summed E-state index contributed by atoms with van der Waals surface area (Å²) in [7, 11) is 0. The van der Waals surface area contributed by atoms with Gasteiger partial charge in [-0.1, -0.05) is 59.6 Å². The van der Waals surface area contributed by atoms with Crippen LogP contribution in [-0.2, 0) is 6.54 Å². The molecule has 1 aromatic heterocycles. The Morgan fingerprint density at radius 2 is 1.59 bits per heavy atom. The van der Waals surface area contributed by atoms with E-state index < -0.39 is 0 Å². The number of hydrogen-bond donors (Lipinski definition) is 1. The lowest BCUT2D eigenvalue weighted by Gasteiger charge is -2.33. The highest BCUT2D eigenvalue weighted by Crippen LogP contribution is 2.39. The van der Waals surface area contributed by atoms with Gasteiger partial charge in [-0.3, -0.25) is 4.90 Å². The summed E-state index contributed by atoms with van der Waals surface area (Å²) in [5, 5.41) is 2.46. The van der Waals surface area contributed by atoms with Crippen molar-refractivity contribution in [3.63, 3.8) is 0 Å². The highest BCUT2D eigenvalue weighted by Gasteiger charge is 2.25. The molecule has 0 radical (unpaired) electrons. The van der Waals surface area contributed by atoms with Gasteiger partial charge >= 0.3 is 0 Å². The van der Waals surface area contributed by atoms with E-state index >= 15 is 0 Å². The molecule has 0 bridgehead atoms. The summed E-state index contributed by atoms with van der Waals surface area (Å²) in [5.41, 5.74) is 5.37. The van der Waals surface area contributed by atoms with Crippen molar-refractivity contribution in [3.05, 3.63) is 93.7 Å². The van der Waals surface area contributed by atoms with Crippen molar-refractivity contribution in [1.82, 2.24) is 9.88 Å². The third-order valence-corrected chi connectivity index (χ3v) is 6.97. The number of fused-ring (bicyclic) bond motifs is 1. The van der Waals surface area contributed by atoms with Crippen molar-refractivity contribution < 1.29 is 4.39 Å². The summed E-state index contributed by atoms with van der Waals surface area (Å²) in [6, 6.07) is 21.0. The molecule has 6 heteroatoms. The van der Waals surface area contributed by atoms with Crippen molar-refractivity contribution in [2.24, 2.45) is 0 Å². The molecule has 0 aliphatic carbocycles. The first-order valence-electron chi connectivity index (χ1n) is 10.6. The molecule has 2 nitrogen and oxygen atoms in total. The smallest absolute Gasteiger partial charge is 0.123 e. The van der Waals surface area contributed by atoms with Gasteiger partial charge in [-0.25, -0.2) is 4.39 Å². The van der Waals surface area contributed by atoms with E-state index in [2.05, 4.69) is 22.0 Å². The molecule has 0 atom stereocenters. The van der Waals surface area contributed by atoms with Gasteiger partial charge in [-0.15, -0.1) is 12.4 Å². The lowest BCUT2D eigenvalue weighted by molar-refractivity contribution is 0.205. The molecule has 0 spiro atoms. The van der Waals surface area contributed by atoms with Crippen LogP contribution in [0, 0.1) is 5.82 Å². The maximum absolute atomic E-state index is 14.1. The van der Waals surface area contributed by atoms with E-state index in [0.29, 0.717) is 5.92 Å². The SMILES string of the molecule is Cl.Fc1ccc2[nH]c(-c3ccccc3)c(CN3CCC(c4c(Cl)cccc4Cl)CC3)c2c1. The number of aromatic nitrogens is 1. The number of H-pyrrole nitrogens is 1. The zero-order chi connectivity index (χ0) is 21.4. The Morgan fingerprint density at radius 1 is 0.906 bits per heavy atom. The van der Waals surface area contributed by atoms with Crippen molar-refractivity contribution in [3.8, 4) is 11.3 Å². The second-order valence-electron chi connectivity index (χ2n) is 8.22. The first kappa shape index (κ1) is 23.1. The second-order valence-corrected chi connectivity index (χ2v) is 9.03. The minimum atomic E-state index is -0.209.